The summed E-state index contributed by atoms with van der Waals surface area (Å²) in [7, 11) is -1.49. The van der Waals surface area contributed by atoms with Crippen molar-refractivity contribution in [2.24, 2.45) is 16.8 Å². The highest BCUT2D eigenvalue weighted by molar-refractivity contribution is 8.00. The number of thioether (sulfide) groups is 1. The zero-order chi connectivity index (χ0) is 61.3. The molecule has 5 amide bonds. The van der Waals surface area contributed by atoms with Gasteiger partial charge in [-0.3, -0.25) is 24.0 Å². The maximum absolute atomic E-state index is 14.6. The van der Waals surface area contributed by atoms with Crippen LogP contribution in [0.3, 0.4) is 0 Å². The third-order valence-corrected chi connectivity index (χ3v) is 22.2. The lowest BCUT2D eigenvalue weighted by Crippen LogP contribution is -2.67. The van der Waals surface area contributed by atoms with Crippen LogP contribution < -0.4 is 42.3 Å². The number of hydrogen-bond acceptors (Lipinski definition) is 13. The summed E-state index contributed by atoms with van der Waals surface area (Å²) >= 11 is 1.47. The topological polar surface area (TPSA) is 234 Å². The quantitative estimate of drug-likeness (QED) is 0.0212. The summed E-state index contributed by atoms with van der Waals surface area (Å²) in [6.07, 6.45) is 3.42. The number of ether oxygens (including phenoxy) is 2. The van der Waals surface area contributed by atoms with E-state index in [4.69, 9.17) is 18.9 Å². The lowest BCUT2D eigenvalue weighted by Gasteiger charge is -2.44. The Morgan fingerprint density at radius 2 is 1.33 bits per heavy atom. The predicted molar refractivity (Wildman–Crippen MR) is 339 cm³/mol. The van der Waals surface area contributed by atoms with E-state index in [0.717, 1.165) is 53.9 Å². The molecule has 0 radical (unpaired) electrons. The van der Waals surface area contributed by atoms with Gasteiger partial charge in [-0.2, -0.15) is 0 Å². The van der Waals surface area contributed by atoms with Crippen LogP contribution in [0.25, 0.3) is 10.9 Å². The average molecular weight is 1200 g/mol. The molecule has 458 valence electrons. The van der Waals surface area contributed by atoms with Gasteiger partial charge in [-0.25, -0.2) is 9.79 Å². The first-order valence-corrected chi connectivity index (χ1v) is 33.0. The summed E-state index contributed by atoms with van der Waals surface area (Å²) in [6.45, 7) is 19.9. The number of fused-ring (bicyclic) bond motifs is 2. The third kappa shape index (κ3) is 17.6. The number of esters is 1. The van der Waals surface area contributed by atoms with Gasteiger partial charge in [0.15, 0.2) is 5.96 Å². The maximum atomic E-state index is 14.6. The van der Waals surface area contributed by atoms with Crippen LogP contribution in [0.15, 0.2) is 126 Å². The van der Waals surface area contributed by atoms with E-state index >= 15 is 0 Å². The smallest absolute Gasteiger partial charge is 0.328 e. The highest BCUT2D eigenvalue weighted by atomic mass is 32.2. The molecule has 7 N–H and O–H groups in total. The lowest BCUT2D eigenvalue weighted by atomic mass is 9.97. The Morgan fingerprint density at radius 3 is 1.96 bits per heavy atom. The van der Waals surface area contributed by atoms with Crippen LogP contribution in [0.1, 0.15) is 99.1 Å². The number of aromatic amines is 1. The molecule has 2 aliphatic heterocycles. The molecule has 0 saturated carbocycles. The molecule has 2 aliphatic rings. The molecule has 4 aromatic carbocycles. The zero-order valence-corrected chi connectivity index (χ0v) is 52.9. The highest BCUT2D eigenvalue weighted by Gasteiger charge is 2.50. The van der Waals surface area contributed by atoms with E-state index in [-0.39, 0.29) is 54.1 Å². The van der Waals surface area contributed by atoms with Crippen molar-refractivity contribution < 1.29 is 42.7 Å². The predicted octanol–water partition coefficient (Wildman–Crippen LogP) is 6.13. The second-order valence-electron chi connectivity index (χ2n) is 24.0. The van der Waals surface area contributed by atoms with E-state index in [1.54, 1.807) is 20.0 Å². The molecular weight excluding hydrogens is 1110 g/mol. The number of aliphatic imine (C=N–C) groups is 1. The summed E-state index contributed by atoms with van der Waals surface area (Å²) in [5.74, 6) is -2.41. The number of carbonyl (C=O) groups is 6. The van der Waals surface area contributed by atoms with Crippen molar-refractivity contribution in [2.75, 3.05) is 38.3 Å². The Morgan fingerprint density at radius 1 is 0.729 bits per heavy atom. The number of para-hydroxylation sites is 1. The van der Waals surface area contributed by atoms with Gasteiger partial charge >= 0.3 is 5.97 Å². The summed E-state index contributed by atoms with van der Waals surface area (Å²) in [5, 5.41) is 21.1. The number of hydrogen-bond donors (Lipinski definition) is 7. The summed E-state index contributed by atoms with van der Waals surface area (Å²) in [5.41, 5.74) is 2.50. The number of amides is 5. The van der Waals surface area contributed by atoms with Crippen molar-refractivity contribution in [1.82, 2.24) is 41.8 Å². The molecule has 3 heterocycles. The molecule has 1 fully saturated rings. The van der Waals surface area contributed by atoms with Crippen LogP contribution in [0.2, 0.25) is 5.04 Å². The van der Waals surface area contributed by atoms with E-state index in [1.807, 2.05) is 94.4 Å². The van der Waals surface area contributed by atoms with E-state index in [1.165, 1.54) is 29.2 Å². The number of aromatic nitrogens is 1. The largest absolute Gasteiger partial charge is 0.467 e. The molecule has 7 rings (SSSR count). The number of nitrogens with one attached hydrogen (secondary N) is 7. The molecule has 1 aromatic heterocycles. The number of benzene rings is 4. The summed E-state index contributed by atoms with van der Waals surface area (Å²) < 4.78 is 18.6. The van der Waals surface area contributed by atoms with Gasteiger partial charge in [0.25, 0.3) is 8.32 Å². The van der Waals surface area contributed by atoms with E-state index < -0.39 is 80.1 Å². The van der Waals surface area contributed by atoms with Gasteiger partial charge in [-0.05, 0) is 77.6 Å². The molecule has 1 saturated heterocycles. The molecule has 0 bridgehead atoms. The SMILES string of the molecule is CC[C@H](C)[C@H](NC(=O)[C@H](C)NC(=O)CSCC1CCN2CCC(CO[Si](c3ccccc3)(c3ccccc3)C(C)(C)C)N=C2N1)C(=O)N[C@H](C(=O)N[C@@H](CC(C)C)C(=O)N[C@@H](Cc1c[nH]c2ccccc12)C(=O)OC)[C@@H](C)OCc1ccccc1. The average Bonchev–Trinajstić information content (AvgIpc) is 2.19. The number of H-pyrrole nitrogens is 1. The minimum atomic E-state index is -2.74. The maximum Gasteiger partial charge on any atom is 0.328 e. The van der Waals surface area contributed by atoms with Crippen LogP contribution in [-0.4, -0.2) is 146 Å². The molecule has 0 spiro atoms. The van der Waals surface area contributed by atoms with E-state index in [9.17, 15) is 28.8 Å². The van der Waals surface area contributed by atoms with Gasteiger partial charge in [0.05, 0.1) is 38.2 Å². The molecule has 18 nitrogen and oxygen atoms in total. The lowest BCUT2D eigenvalue weighted by molar-refractivity contribution is -0.145. The first kappa shape index (κ1) is 65.5. The minimum absolute atomic E-state index is 0.0232. The minimum Gasteiger partial charge on any atom is -0.467 e. The second kappa shape index (κ2) is 30.9. The molecule has 85 heavy (non-hydrogen) atoms. The molecule has 0 aliphatic carbocycles. The van der Waals surface area contributed by atoms with Crippen molar-refractivity contribution >= 4 is 82.8 Å². The fourth-order valence-corrected chi connectivity index (χ4v) is 16.6. The first-order chi connectivity index (χ1) is 40.7. The van der Waals surface area contributed by atoms with Gasteiger partial charge in [-0.1, -0.05) is 164 Å². The molecule has 20 heteroatoms. The number of methoxy groups -OCH3 is 1. The fourth-order valence-electron chi connectivity index (χ4n) is 11.1. The Labute approximate surface area is 507 Å². The Balaban J connectivity index is 0.952. The van der Waals surface area contributed by atoms with E-state index in [0.29, 0.717) is 18.8 Å². The van der Waals surface area contributed by atoms with E-state index in [2.05, 4.69) is 111 Å². The monoisotopic (exact) mass is 1200 g/mol. The molecule has 9 atom stereocenters. The van der Waals surface area contributed by atoms with Crippen molar-refractivity contribution in [3.63, 3.8) is 0 Å². The summed E-state index contributed by atoms with van der Waals surface area (Å²) in [4.78, 5) is 94.6. The van der Waals surface area contributed by atoms with Crippen molar-refractivity contribution in [3.8, 4) is 0 Å². The van der Waals surface area contributed by atoms with Gasteiger partial charge in [-0.15, -0.1) is 11.8 Å². The van der Waals surface area contributed by atoms with Crippen LogP contribution in [0, 0.1) is 11.8 Å². The van der Waals surface area contributed by atoms with Crippen molar-refractivity contribution in [1.29, 1.82) is 0 Å². The number of rotatable bonds is 29. The zero-order valence-electron chi connectivity index (χ0n) is 51.1. The van der Waals surface area contributed by atoms with Crippen LogP contribution in [0.5, 0.6) is 0 Å². The Bertz CT molecular complexity index is 3000. The van der Waals surface area contributed by atoms with Crippen LogP contribution in [0.4, 0.5) is 0 Å². The standard InChI is InChI=1S/C65H89N9O9SSi/c1-11-43(4)57(61(78)73-58(45(6)82-38-46-23-15-12-16-24-46)62(79)70-54(35-42(2)3)60(77)71-55(63(80)81-10)36-47-37-66-53-30-22-21-29-52(47)53)72-59(76)44(5)67-56(75)41-84-40-49-32-34-74-33-31-48(68-64(74)69-49)39-83-85(65(7,8)9,50-25-17-13-18-26-50)51-27-19-14-20-28-51/h12-30,37,42-45,48-49,54-55,57-58,66H,11,31-36,38-41H2,1-10H3,(H,67,75)(H,68,69)(H,70,79)(H,71,77)(H,72,76)(H,73,78)/t43-,44-,45+,48?,49?,54-,55-,57-,58-/m0/s1. The third-order valence-electron chi connectivity index (χ3n) is 16.1. The fraction of sp³-hybridized carbons (Fsp3) is 0.492. The molecular formula is C65H89N9O9SSi. The van der Waals surface area contributed by atoms with Gasteiger partial charge < -0.3 is 55.7 Å². The summed E-state index contributed by atoms with van der Waals surface area (Å²) in [6, 6.07) is 32.6. The number of guanidine groups is 1. The highest BCUT2D eigenvalue weighted by Crippen LogP contribution is 2.37. The normalized spacial score (nSPS) is 17.8. The Kier molecular flexibility index (Phi) is 23.8. The van der Waals surface area contributed by atoms with Gasteiger partial charge in [0.1, 0.15) is 30.2 Å². The second-order valence-corrected chi connectivity index (χ2v) is 29.3. The number of carbonyl (C=O) groups excluding carboxylic acids is 6. The van der Waals surface area contributed by atoms with Gasteiger partial charge in [0.2, 0.25) is 29.5 Å². The van der Waals surface area contributed by atoms with Crippen molar-refractivity contribution in [3.05, 3.63) is 133 Å². The molecule has 5 aromatic rings. The first-order valence-electron chi connectivity index (χ1n) is 29.9. The van der Waals surface area contributed by atoms with Crippen molar-refractivity contribution in [2.45, 2.75) is 154 Å². The Hall–Kier alpha value is -7.00. The van der Waals surface area contributed by atoms with Crippen LogP contribution in [-0.2, 0) is 55.7 Å². The number of nitrogens with zero attached hydrogens (tertiary/aromatic N) is 2. The van der Waals surface area contributed by atoms with Crippen LogP contribution >= 0.6 is 11.8 Å². The molecule has 2 unspecified atom stereocenters. The van der Waals surface area contributed by atoms with Gasteiger partial charge in [0, 0.05) is 48.4 Å².